The highest BCUT2D eigenvalue weighted by Crippen LogP contribution is 2.10. The number of imidazole rings is 1. The summed E-state index contributed by atoms with van der Waals surface area (Å²) >= 11 is 6.68. The Morgan fingerprint density at radius 2 is 2.47 bits per heavy atom. The highest BCUT2D eigenvalue weighted by Gasteiger charge is 2.05. The van der Waals surface area contributed by atoms with Gasteiger partial charge in [-0.3, -0.25) is 0 Å². The van der Waals surface area contributed by atoms with Gasteiger partial charge in [0.2, 0.25) is 0 Å². The second kappa shape index (κ2) is 4.55. The van der Waals surface area contributed by atoms with Crippen LogP contribution in [0.1, 0.15) is 10.7 Å². The molecular formula is C10H11N3S2. The van der Waals surface area contributed by atoms with Crippen LogP contribution >= 0.6 is 23.6 Å². The molecule has 0 saturated heterocycles. The molecule has 0 radical (unpaired) electrons. The predicted molar refractivity (Wildman–Crippen MR) is 66.1 cm³/mol. The van der Waals surface area contributed by atoms with Crippen molar-refractivity contribution >= 4 is 28.5 Å². The maximum Gasteiger partial charge on any atom is 0.167 e. The van der Waals surface area contributed by atoms with Crippen molar-refractivity contribution in [3.63, 3.8) is 0 Å². The number of hydrogen-bond donors (Lipinski definition) is 1. The van der Waals surface area contributed by atoms with Crippen LogP contribution in [0.5, 0.6) is 0 Å². The summed E-state index contributed by atoms with van der Waals surface area (Å²) in [6.07, 6.45) is 4.62. The van der Waals surface area contributed by atoms with Crippen molar-refractivity contribution < 1.29 is 0 Å². The quantitative estimate of drug-likeness (QED) is 0.825. The molecule has 0 amide bonds. The third kappa shape index (κ3) is 2.43. The van der Waals surface area contributed by atoms with Gasteiger partial charge in [-0.25, -0.2) is 4.98 Å². The SMILES string of the molecule is NC(=S)c1nccn1CCc1cccs1. The number of aromatic nitrogens is 2. The monoisotopic (exact) mass is 237 g/mol. The zero-order chi connectivity index (χ0) is 10.7. The first-order chi connectivity index (χ1) is 7.27. The molecule has 0 aliphatic rings. The second-order valence-electron chi connectivity index (χ2n) is 3.14. The average Bonchev–Trinajstić information content (AvgIpc) is 2.86. The Morgan fingerprint density at radius 1 is 1.60 bits per heavy atom. The molecule has 2 N–H and O–H groups in total. The zero-order valence-electron chi connectivity index (χ0n) is 8.09. The summed E-state index contributed by atoms with van der Waals surface area (Å²) in [5.41, 5.74) is 5.56. The van der Waals surface area contributed by atoms with Crippen LogP contribution in [-0.2, 0) is 13.0 Å². The Labute approximate surface area is 97.6 Å². The second-order valence-corrected chi connectivity index (χ2v) is 4.61. The average molecular weight is 237 g/mol. The minimum Gasteiger partial charge on any atom is -0.387 e. The highest BCUT2D eigenvalue weighted by atomic mass is 32.1. The first-order valence-corrected chi connectivity index (χ1v) is 5.89. The van der Waals surface area contributed by atoms with Gasteiger partial charge in [0.25, 0.3) is 0 Å². The summed E-state index contributed by atoms with van der Waals surface area (Å²) in [7, 11) is 0. The third-order valence-corrected chi connectivity index (χ3v) is 3.23. The predicted octanol–water partition coefficient (Wildman–Crippen LogP) is 1.82. The first kappa shape index (κ1) is 10.3. The molecule has 2 heterocycles. The molecule has 2 aromatic rings. The normalized spacial score (nSPS) is 10.4. The van der Waals surface area contributed by atoms with Gasteiger partial charge in [0, 0.05) is 23.8 Å². The van der Waals surface area contributed by atoms with E-state index in [4.69, 9.17) is 18.0 Å². The summed E-state index contributed by atoms with van der Waals surface area (Å²) in [6, 6.07) is 4.18. The number of hydrogen-bond acceptors (Lipinski definition) is 3. The van der Waals surface area contributed by atoms with Gasteiger partial charge in [0.05, 0.1) is 0 Å². The van der Waals surface area contributed by atoms with Gasteiger partial charge in [0.15, 0.2) is 5.82 Å². The van der Waals surface area contributed by atoms with E-state index in [0.717, 1.165) is 13.0 Å². The lowest BCUT2D eigenvalue weighted by Crippen LogP contribution is -2.17. The van der Waals surface area contributed by atoms with E-state index >= 15 is 0 Å². The molecule has 78 valence electrons. The minimum atomic E-state index is 0.353. The van der Waals surface area contributed by atoms with E-state index in [1.54, 1.807) is 17.5 Å². The topological polar surface area (TPSA) is 43.8 Å². The summed E-state index contributed by atoms with van der Waals surface area (Å²) < 4.78 is 1.99. The molecule has 0 aromatic carbocycles. The maximum atomic E-state index is 5.56. The molecular weight excluding hydrogens is 226 g/mol. The number of nitrogens with two attached hydrogens (primary N) is 1. The molecule has 0 saturated carbocycles. The minimum absolute atomic E-state index is 0.353. The van der Waals surface area contributed by atoms with Gasteiger partial charge in [-0.05, 0) is 17.9 Å². The van der Waals surface area contributed by atoms with Crippen molar-refractivity contribution in [2.45, 2.75) is 13.0 Å². The molecule has 0 fully saturated rings. The van der Waals surface area contributed by atoms with E-state index in [1.165, 1.54) is 4.88 Å². The largest absolute Gasteiger partial charge is 0.387 e. The Kier molecular flexibility index (Phi) is 3.13. The van der Waals surface area contributed by atoms with E-state index in [9.17, 15) is 0 Å². The van der Waals surface area contributed by atoms with Crippen molar-refractivity contribution in [3.05, 3.63) is 40.6 Å². The van der Waals surface area contributed by atoms with Crippen molar-refractivity contribution in [1.29, 1.82) is 0 Å². The summed E-state index contributed by atoms with van der Waals surface area (Å²) in [5, 5.41) is 2.08. The van der Waals surface area contributed by atoms with Crippen LogP contribution in [0.4, 0.5) is 0 Å². The van der Waals surface area contributed by atoms with Crippen LogP contribution < -0.4 is 5.73 Å². The zero-order valence-corrected chi connectivity index (χ0v) is 9.72. The van der Waals surface area contributed by atoms with Gasteiger partial charge in [0.1, 0.15) is 4.99 Å². The van der Waals surface area contributed by atoms with Crippen molar-refractivity contribution in [2.75, 3.05) is 0 Å². The molecule has 15 heavy (non-hydrogen) atoms. The van der Waals surface area contributed by atoms with E-state index in [0.29, 0.717) is 10.8 Å². The fourth-order valence-electron chi connectivity index (χ4n) is 1.40. The van der Waals surface area contributed by atoms with Gasteiger partial charge >= 0.3 is 0 Å². The first-order valence-electron chi connectivity index (χ1n) is 4.60. The van der Waals surface area contributed by atoms with Gasteiger partial charge in [-0.2, -0.15) is 0 Å². The van der Waals surface area contributed by atoms with E-state index < -0.39 is 0 Å². The molecule has 0 aliphatic heterocycles. The Bertz CT molecular complexity index is 445. The van der Waals surface area contributed by atoms with Crippen LogP contribution in [-0.4, -0.2) is 14.5 Å². The molecule has 2 aromatic heterocycles. The molecule has 0 unspecified atom stereocenters. The number of aryl methyl sites for hydroxylation is 2. The molecule has 0 atom stereocenters. The van der Waals surface area contributed by atoms with Crippen molar-refractivity contribution in [3.8, 4) is 0 Å². The number of thiocarbonyl (C=S) groups is 1. The maximum absolute atomic E-state index is 5.56. The van der Waals surface area contributed by atoms with Crippen LogP contribution in [0.3, 0.4) is 0 Å². The smallest absolute Gasteiger partial charge is 0.167 e. The number of thiophene rings is 1. The van der Waals surface area contributed by atoms with Crippen molar-refractivity contribution in [1.82, 2.24) is 9.55 Å². The fourth-order valence-corrected chi connectivity index (χ4v) is 2.27. The van der Waals surface area contributed by atoms with Gasteiger partial charge in [-0.1, -0.05) is 18.3 Å². The van der Waals surface area contributed by atoms with E-state index in [2.05, 4.69) is 22.5 Å². The van der Waals surface area contributed by atoms with Crippen LogP contribution in [0.15, 0.2) is 29.9 Å². The van der Waals surface area contributed by atoms with Crippen molar-refractivity contribution in [2.24, 2.45) is 5.73 Å². The van der Waals surface area contributed by atoms with Crippen LogP contribution in [0, 0.1) is 0 Å². The Balaban J connectivity index is 2.05. The Morgan fingerprint density at radius 3 is 3.13 bits per heavy atom. The van der Waals surface area contributed by atoms with E-state index in [1.807, 2.05) is 10.8 Å². The number of rotatable bonds is 4. The summed E-state index contributed by atoms with van der Waals surface area (Å²) in [6.45, 7) is 0.868. The van der Waals surface area contributed by atoms with Crippen LogP contribution in [0.2, 0.25) is 0 Å². The lowest BCUT2D eigenvalue weighted by atomic mass is 10.3. The molecule has 0 bridgehead atoms. The van der Waals surface area contributed by atoms with Crippen LogP contribution in [0.25, 0.3) is 0 Å². The standard InChI is InChI=1S/C10H11N3S2/c11-9(14)10-12-4-6-13(10)5-3-8-2-1-7-15-8/h1-2,4,6-7H,3,5H2,(H2,11,14). The lowest BCUT2D eigenvalue weighted by molar-refractivity contribution is 0.695. The molecule has 0 aliphatic carbocycles. The van der Waals surface area contributed by atoms with Gasteiger partial charge in [-0.15, -0.1) is 11.3 Å². The summed E-state index contributed by atoms with van der Waals surface area (Å²) in [4.78, 5) is 5.83. The molecule has 5 heteroatoms. The Hall–Kier alpha value is -1.20. The molecule has 0 spiro atoms. The van der Waals surface area contributed by atoms with Gasteiger partial charge < -0.3 is 10.3 Å². The fraction of sp³-hybridized carbons (Fsp3) is 0.200. The summed E-state index contributed by atoms with van der Waals surface area (Å²) in [5.74, 6) is 0.696. The highest BCUT2D eigenvalue weighted by molar-refractivity contribution is 7.80. The molecule has 2 rings (SSSR count). The van der Waals surface area contributed by atoms with E-state index in [-0.39, 0.29) is 0 Å². The lowest BCUT2D eigenvalue weighted by Gasteiger charge is -2.04. The number of nitrogens with zero attached hydrogens (tertiary/aromatic N) is 2. The third-order valence-electron chi connectivity index (χ3n) is 2.12. The molecule has 3 nitrogen and oxygen atoms in total.